The number of aryl methyl sites for hydroxylation is 2. The van der Waals surface area contributed by atoms with Crippen molar-refractivity contribution in [2.75, 3.05) is 0 Å². The van der Waals surface area contributed by atoms with Crippen molar-refractivity contribution in [3.05, 3.63) is 29.6 Å². The molecule has 1 heterocycles. The van der Waals surface area contributed by atoms with E-state index in [4.69, 9.17) is 5.26 Å². The molecule has 0 aliphatic heterocycles. The van der Waals surface area contributed by atoms with E-state index in [1.165, 1.54) is 5.56 Å². The average Bonchev–Trinajstić information content (AvgIpc) is 2.56. The van der Waals surface area contributed by atoms with Gasteiger partial charge in [0.05, 0.1) is 23.5 Å². The van der Waals surface area contributed by atoms with Crippen molar-refractivity contribution < 1.29 is 0 Å². The summed E-state index contributed by atoms with van der Waals surface area (Å²) in [7, 11) is 1.95. The number of nitrogens with zero attached hydrogens (tertiary/aromatic N) is 3. The molecular formula is C12H13N3. The Bertz CT molecular complexity index is 532. The van der Waals surface area contributed by atoms with Crippen LogP contribution in [0.3, 0.4) is 0 Å². The number of fused-ring (bicyclic) bond motifs is 1. The fourth-order valence-electron chi connectivity index (χ4n) is 1.74. The van der Waals surface area contributed by atoms with E-state index in [1.54, 1.807) is 0 Å². The zero-order valence-electron chi connectivity index (χ0n) is 8.99. The van der Waals surface area contributed by atoms with E-state index in [1.807, 2.05) is 11.6 Å². The number of hydrogen-bond acceptors (Lipinski definition) is 2. The Balaban J connectivity index is 2.61. The van der Waals surface area contributed by atoms with Crippen molar-refractivity contribution in [2.45, 2.75) is 19.8 Å². The van der Waals surface area contributed by atoms with Crippen LogP contribution >= 0.6 is 0 Å². The fraction of sp³-hybridized carbons (Fsp3) is 0.333. The van der Waals surface area contributed by atoms with Gasteiger partial charge in [0.2, 0.25) is 0 Å². The zero-order chi connectivity index (χ0) is 10.8. The van der Waals surface area contributed by atoms with Gasteiger partial charge >= 0.3 is 0 Å². The number of hydrogen-bond donors (Lipinski definition) is 0. The van der Waals surface area contributed by atoms with E-state index < -0.39 is 0 Å². The van der Waals surface area contributed by atoms with Gasteiger partial charge in [-0.2, -0.15) is 5.26 Å². The molecule has 0 aliphatic carbocycles. The summed E-state index contributed by atoms with van der Waals surface area (Å²) < 4.78 is 1.98. The third kappa shape index (κ3) is 1.59. The maximum absolute atomic E-state index is 8.67. The topological polar surface area (TPSA) is 41.6 Å². The van der Waals surface area contributed by atoms with E-state index in [2.05, 4.69) is 36.2 Å². The van der Waals surface area contributed by atoms with Crippen LogP contribution in [0.2, 0.25) is 0 Å². The van der Waals surface area contributed by atoms with Crippen LogP contribution in [0.1, 0.15) is 18.3 Å². The maximum atomic E-state index is 8.67. The molecule has 0 N–H and O–H groups in total. The van der Waals surface area contributed by atoms with Crippen LogP contribution in [0.5, 0.6) is 0 Å². The predicted molar refractivity (Wildman–Crippen MR) is 59.4 cm³/mol. The molecule has 3 heteroatoms. The summed E-state index contributed by atoms with van der Waals surface area (Å²) in [6, 6.07) is 8.41. The lowest BCUT2D eigenvalue weighted by molar-refractivity contribution is 0.857. The molecule has 0 saturated heterocycles. The van der Waals surface area contributed by atoms with Crippen LogP contribution in [0.15, 0.2) is 18.2 Å². The smallest absolute Gasteiger partial charge is 0.123 e. The molecule has 3 nitrogen and oxygen atoms in total. The van der Waals surface area contributed by atoms with Gasteiger partial charge < -0.3 is 4.57 Å². The second-order valence-corrected chi connectivity index (χ2v) is 3.60. The Kier molecular flexibility index (Phi) is 2.42. The molecule has 76 valence electrons. The Morgan fingerprint density at radius 1 is 1.47 bits per heavy atom. The Morgan fingerprint density at radius 3 is 2.93 bits per heavy atom. The van der Waals surface area contributed by atoms with Crippen LogP contribution in [-0.2, 0) is 19.9 Å². The third-order valence-corrected chi connectivity index (χ3v) is 2.68. The lowest BCUT2D eigenvalue weighted by atomic mass is 10.1. The maximum Gasteiger partial charge on any atom is 0.123 e. The van der Waals surface area contributed by atoms with Gasteiger partial charge in [-0.25, -0.2) is 4.98 Å². The van der Waals surface area contributed by atoms with Gasteiger partial charge in [-0.05, 0) is 24.1 Å². The van der Waals surface area contributed by atoms with Crippen molar-refractivity contribution in [3.8, 4) is 6.07 Å². The van der Waals surface area contributed by atoms with Crippen LogP contribution in [0.4, 0.5) is 0 Å². The van der Waals surface area contributed by atoms with Crippen molar-refractivity contribution in [1.82, 2.24) is 9.55 Å². The molecular weight excluding hydrogens is 186 g/mol. The lowest BCUT2D eigenvalue weighted by Gasteiger charge is -1.98. The predicted octanol–water partition coefficient (Wildman–Crippen LogP) is 2.20. The van der Waals surface area contributed by atoms with Gasteiger partial charge in [0.15, 0.2) is 0 Å². The van der Waals surface area contributed by atoms with Gasteiger partial charge in [-0.1, -0.05) is 13.0 Å². The molecule has 0 amide bonds. The Labute approximate surface area is 89.0 Å². The van der Waals surface area contributed by atoms with Crippen molar-refractivity contribution >= 4 is 11.0 Å². The summed E-state index contributed by atoms with van der Waals surface area (Å²) in [5, 5.41) is 8.67. The number of aromatic nitrogens is 2. The molecule has 0 unspecified atom stereocenters. The van der Waals surface area contributed by atoms with Gasteiger partial charge in [-0.3, -0.25) is 0 Å². The van der Waals surface area contributed by atoms with Crippen molar-refractivity contribution in [2.24, 2.45) is 7.05 Å². The first-order valence-corrected chi connectivity index (χ1v) is 5.07. The Morgan fingerprint density at radius 2 is 2.27 bits per heavy atom. The molecule has 15 heavy (non-hydrogen) atoms. The van der Waals surface area contributed by atoms with E-state index in [-0.39, 0.29) is 0 Å². The lowest BCUT2D eigenvalue weighted by Crippen LogP contribution is -1.95. The van der Waals surface area contributed by atoms with E-state index in [0.29, 0.717) is 6.42 Å². The summed E-state index contributed by atoms with van der Waals surface area (Å²) >= 11 is 0. The first kappa shape index (κ1) is 9.72. The van der Waals surface area contributed by atoms with Crippen molar-refractivity contribution in [1.29, 1.82) is 5.26 Å². The highest BCUT2D eigenvalue weighted by molar-refractivity contribution is 5.76. The molecule has 0 bridgehead atoms. The van der Waals surface area contributed by atoms with Gasteiger partial charge in [0, 0.05) is 7.05 Å². The molecule has 0 aliphatic rings. The molecule has 1 aromatic carbocycles. The summed E-state index contributed by atoms with van der Waals surface area (Å²) in [6.07, 6.45) is 1.38. The molecule has 0 atom stereocenters. The summed E-state index contributed by atoms with van der Waals surface area (Å²) in [5.74, 6) is 0.834. The minimum atomic E-state index is 0.368. The van der Waals surface area contributed by atoms with Gasteiger partial charge in [0.25, 0.3) is 0 Å². The minimum Gasteiger partial charge on any atom is -0.330 e. The monoisotopic (exact) mass is 199 g/mol. The quantitative estimate of drug-likeness (QED) is 0.744. The van der Waals surface area contributed by atoms with Crippen LogP contribution < -0.4 is 0 Å². The van der Waals surface area contributed by atoms with Gasteiger partial charge in [0.1, 0.15) is 5.82 Å². The first-order chi connectivity index (χ1) is 7.26. The number of benzene rings is 1. The highest BCUT2D eigenvalue weighted by Crippen LogP contribution is 2.17. The van der Waals surface area contributed by atoms with Crippen LogP contribution in [0, 0.1) is 11.3 Å². The minimum absolute atomic E-state index is 0.368. The van der Waals surface area contributed by atoms with Crippen LogP contribution in [0.25, 0.3) is 11.0 Å². The Hall–Kier alpha value is -1.82. The molecule has 0 spiro atoms. The summed E-state index contributed by atoms with van der Waals surface area (Å²) in [6.45, 7) is 2.13. The second kappa shape index (κ2) is 3.74. The first-order valence-electron chi connectivity index (χ1n) is 5.07. The largest absolute Gasteiger partial charge is 0.330 e. The molecule has 2 aromatic rings. The third-order valence-electron chi connectivity index (χ3n) is 2.68. The van der Waals surface area contributed by atoms with E-state index in [9.17, 15) is 0 Å². The molecule has 0 fully saturated rings. The second-order valence-electron chi connectivity index (χ2n) is 3.60. The SMILES string of the molecule is CCc1ccc2c(c1)nc(CC#N)n2C. The molecule has 0 radical (unpaired) electrons. The molecule has 0 saturated carbocycles. The standard InChI is InChI=1S/C12H13N3/c1-3-9-4-5-11-10(8-9)14-12(6-7-13)15(11)2/h4-5,8H,3,6H2,1-2H3. The van der Waals surface area contributed by atoms with E-state index >= 15 is 0 Å². The number of rotatable bonds is 2. The van der Waals surface area contributed by atoms with Crippen LogP contribution in [-0.4, -0.2) is 9.55 Å². The van der Waals surface area contributed by atoms with Crippen molar-refractivity contribution in [3.63, 3.8) is 0 Å². The fourth-order valence-corrected chi connectivity index (χ4v) is 1.74. The zero-order valence-corrected chi connectivity index (χ0v) is 8.99. The highest BCUT2D eigenvalue weighted by Gasteiger charge is 2.06. The number of imidazole rings is 1. The highest BCUT2D eigenvalue weighted by atomic mass is 15.1. The molecule has 2 rings (SSSR count). The van der Waals surface area contributed by atoms with Gasteiger partial charge in [-0.15, -0.1) is 0 Å². The summed E-state index contributed by atoms with van der Waals surface area (Å²) in [5.41, 5.74) is 3.36. The number of nitriles is 1. The molecule has 1 aromatic heterocycles. The normalized spacial score (nSPS) is 10.5. The summed E-state index contributed by atoms with van der Waals surface area (Å²) in [4.78, 5) is 4.45. The van der Waals surface area contributed by atoms with E-state index in [0.717, 1.165) is 23.3 Å². The average molecular weight is 199 g/mol.